The number of anilines is 1. The molecule has 1 saturated carbocycles. The summed E-state index contributed by atoms with van der Waals surface area (Å²) < 4.78 is 1.76. The van der Waals surface area contributed by atoms with Crippen LogP contribution in [0.3, 0.4) is 0 Å². The predicted molar refractivity (Wildman–Crippen MR) is 71.5 cm³/mol. The van der Waals surface area contributed by atoms with Crippen LogP contribution >= 0.6 is 0 Å². The SMILES string of the molecule is NC1CCCCCC1Nc1ccn2nccc2n1. The third-order valence-electron chi connectivity index (χ3n) is 3.66. The van der Waals surface area contributed by atoms with Crippen molar-refractivity contribution in [2.24, 2.45) is 5.73 Å². The molecule has 5 heteroatoms. The van der Waals surface area contributed by atoms with Gasteiger partial charge < -0.3 is 11.1 Å². The second-order valence-corrected chi connectivity index (χ2v) is 5.00. The molecule has 0 bridgehead atoms. The fourth-order valence-corrected chi connectivity index (χ4v) is 2.60. The molecule has 96 valence electrons. The van der Waals surface area contributed by atoms with Crippen LogP contribution in [0, 0.1) is 0 Å². The van der Waals surface area contributed by atoms with Crippen LogP contribution in [0.5, 0.6) is 0 Å². The minimum absolute atomic E-state index is 0.232. The number of fused-ring (bicyclic) bond motifs is 1. The van der Waals surface area contributed by atoms with Gasteiger partial charge in [-0.3, -0.25) is 0 Å². The summed E-state index contributed by atoms with van der Waals surface area (Å²) in [5, 5.41) is 7.61. The number of nitrogens with one attached hydrogen (secondary N) is 1. The molecule has 3 N–H and O–H groups in total. The normalized spacial score (nSPS) is 24.9. The molecule has 2 unspecified atom stereocenters. The number of hydrogen-bond acceptors (Lipinski definition) is 4. The van der Waals surface area contributed by atoms with Gasteiger partial charge >= 0.3 is 0 Å². The lowest BCUT2D eigenvalue weighted by molar-refractivity contribution is 0.527. The first-order valence-corrected chi connectivity index (χ1v) is 6.65. The zero-order valence-electron chi connectivity index (χ0n) is 10.4. The summed E-state index contributed by atoms with van der Waals surface area (Å²) in [6.07, 6.45) is 9.70. The highest BCUT2D eigenvalue weighted by Crippen LogP contribution is 2.20. The van der Waals surface area contributed by atoms with E-state index in [9.17, 15) is 0 Å². The minimum atomic E-state index is 0.232. The van der Waals surface area contributed by atoms with Crippen LogP contribution in [0.1, 0.15) is 32.1 Å². The van der Waals surface area contributed by atoms with Crippen molar-refractivity contribution >= 4 is 11.5 Å². The Morgan fingerprint density at radius 2 is 2.11 bits per heavy atom. The van der Waals surface area contributed by atoms with Gasteiger partial charge in [0.25, 0.3) is 0 Å². The molecule has 2 heterocycles. The lowest BCUT2D eigenvalue weighted by Gasteiger charge is -2.23. The summed E-state index contributed by atoms with van der Waals surface area (Å²) in [6, 6.07) is 4.43. The molecule has 0 aromatic carbocycles. The molecule has 1 aliphatic carbocycles. The summed E-state index contributed by atoms with van der Waals surface area (Å²) in [5.41, 5.74) is 7.07. The molecule has 3 rings (SSSR count). The summed E-state index contributed by atoms with van der Waals surface area (Å²) in [4.78, 5) is 4.53. The Morgan fingerprint density at radius 1 is 1.22 bits per heavy atom. The first-order valence-electron chi connectivity index (χ1n) is 6.65. The smallest absolute Gasteiger partial charge is 0.157 e. The number of nitrogens with zero attached hydrogens (tertiary/aromatic N) is 3. The van der Waals surface area contributed by atoms with Crippen molar-refractivity contribution in [1.29, 1.82) is 0 Å². The third kappa shape index (κ3) is 2.31. The van der Waals surface area contributed by atoms with Crippen molar-refractivity contribution in [3.63, 3.8) is 0 Å². The average molecular weight is 245 g/mol. The largest absolute Gasteiger partial charge is 0.366 e. The van der Waals surface area contributed by atoms with E-state index < -0.39 is 0 Å². The van der Waals surface area contributed by atoms with Crippen LogP contribution in [-0.2, 0) is 0 Å². The number of nitrogens with two attached hydrogens (primary N) is 1. The molecule has 0 saturated heterocycles. The Hall–Kier alpha value is -1.62. The molecule has 18 heavy (non-hydrogen) atoms. The predicted octanol–water partition coefficient (Wildman–Crippen LogP) is 1.80. The van der Waals surface area contributed by atoms with Gasteiger partial charge in [-0.2, -0.15) is 5.10 Å². The van der Waals surface area contributed by atoms with Crippen molar-refractivity contribution in [3.8, 4) is 0 Å². The maximum Gasteiger partial charge on any atom is 0.157 e. The lowest BCUT2D eigenvalue weighted by Crippen LogP contribution is -2.39. The molecule has 1 fully saturated rings. The second-order valence-electron chi connectivity index (χ2n) is 5.00. The van der Waals surface area contributed by atoms with Gasteiger partial charge in [0.2, 0.25) is 0 Å². The number of rotatable bonds is 2. The highest BCUT2D eigenvalue weighted by atomic mass is 15.2. The zero-order chi connectivity index (χ0) is 12.4. The Morgan fingerprint density at radius 3 is 3.06 bits per heavy atom. The van der Waals surface area contributed by atoms with E-state index >= 15 is 0 Å². The van der Waals surface area contributed by atoms with Gasteiger partial charge in [-0.25, -0.2) is 9.50 Å². The van der Waals surface area contributed by atoms with E-state index in [-0.39, 0.29) is 6.04 Å². The molecule has 2 atom stereocenters. The quantitative estimate of drug-likeness (QED) is 0.792. The van der Waals surface area contributed by atoms with E-state index in [0.29, 0.717) is 6.04 Å². The standard InChI is InChI=1S/C13H19N5/c14-10-4-2-1-3-5-11(10)16-12-7-9-18-13(17-12)6-8-15-18/h6-11H,1-5,14H2,(H,16,17). The van der Waals surface area contributed by atoms with E-state index in [1.165, 1.54) is 19.3 Å². The van der Waals surface area contributed by atoms with Gasteiger partial charge in [-0.15, -0.1) is 0 Å². The molecular weight excluding hydrogens is 226 g/mol. The Bertz CT molecular complexity index is 521. The summed E-state index contributed by atoms with van der Waals surface area (Å²) in [7, 11) is 0. The average Bonchev–Trinajstić information content (AvgIpc) is 2.75. The Balaban J connectivity index is 1.77. The van der Waals surface area contributed by atoms with Crippen LogP contribution in [0.15, 0.2) is 24.5 Å². The van der Waals surface area contributed by atoms with Crippen molar-refractivity contribution in [2.75, 3.05) is 5.32 Å². The van der Waals surface area contributed by atoms with Crippen LogP contribution < -0.4 is 11.1 Å². The fraction of sp³-hybridized carbons (Fsp3) is 0.538. The third-order valence-corrected chi connectivity index (χ3v) is 3.66. The molecule has 5 nitrogen and oxygen atoms in total. The van der Waals surface area contributed by atoms with Gasteiger partial charge in [-0.1, -0.05) is 19.3 Å². The van der Waals surface area contributed by atoms with E-state index in [2.05, 4.69) is 15.4 Å². The van der Waals surface area contributed by atoms with E-state index in [1.807, 2.05) is 18.3 Å². The molecular formula is C13H19N5. The van der Waals surface area contributed by atoms with E-state index in [4.69, 9.17) is 5.73 Å². The minimum Gasteiger partial charge on any atom is -0.366 e. The van der Waals surface area contributed by atoms with Crippen LogP contribution in [0.2, 0.25) is 0 Å². The molecule has 2 aromatic rings. The fourth-order valence-electron chi connectivity index (χ4n) is 2.60. The van der Waals surface area contributed by atoms with Gasteiger partial charge in [0.15, 0.2) is 5.65 Å². The van der Waals surface area contributed by atoms with Crippen LogP contribution in [0.4, 0.5) is 5.82 Å². The summed E-state index contributed by atoms with van der Waals surface area (Å²) >= 11 is 0. The Labute approximate surface area is 106 Å². The topological polar surface area (TPSA) is 68.2 Å². The maximum atomic E-state index is 6.21. The van der Waals surface area contributed by atoms with Crippen molar-refractivity contribution < 1.29 is 0 Å². The summed E-state index contributed by atoms with van der Waals surface area (Å²) in [6.45, 7) is 0. The maximum absolute atomic E-state index is 6.21. The number of aromatic nitrogens is 3. The molecule has 0 aliphatic heterocycles. The lowest BCUT2D eigenvalue weighted by atomic mass is 10.0. The second kappa shape index (κ2) is 4.94. The summed E-state index contributed by atoms with van der Waals surface area (Å²) in [5.74, 6) is 0.894. The van der Waals surface area contributed by atoms with Gasteiger partial charge in [0.1, 0.15) is 5.82 Å². The molecule has 0 radical (unpaired) electrons. The first kappa shape index (κ1) is 11.5. The molecule has 0 amide bonds. The molecule has 1 aliphatic rings. The van der Waals surface area contributed by atoms with Gasteiger partial charge in [0.05, 0.1) is 6.20 Å². The van der Waals surface area contributed by atoms with Crippen molar-refractivity contribution in [1.82, 2.24) is 14.6 Å². The number of hydrogen-bond donors (Lipinski definition) is 2. The van der Waals surface area contributed by atoms with Gasteiger partial charge in [0, 0.05) is 24.3 Å². The van der Waals surface area contributed by atoms with E-state index in [0.717, 1.165) is 24.3 Å². The van der Waals surface area contributed by atoms with Crippen LogP contribution in [-0.4, -0.2) is 26.7 Å². The molecule has 2 aromatic heterocycles. The van der Waals surface area contributed by atoms with Gasteiger partial charge in [-0.05, 0) is 18.9 Å². The zero-order valence-corrected chi connectivity index (χ0v) is 10.4. The highest BCUT2D eigenvalue weighted by Gasteiger charge is 2.20. The van der Waals surface area contributed by atoms with E-state index in [1.54, 1.807) is 10.7 Å². The first-order chi connectivity index (χ1) is 8.83. The monoisotopic (exact) mass is 245 g/mol. The Kier molecular flexibility index (Phi) is 3.15. The van der Waals surface area contributed by atoms with Crippen molar-refractivity contribution in [3.05, 3.63) is 24.5 Å². The van der Waals surface area contributed by atoms with Crippen molar-refractivity contribution in [2.45, 2.75) is 44.2 Å². The molecule has 0 spiro atoms. The van der Waals surface area contributed by atoms with Crippen LogP contribution in [0.25, 0.3) is 5.65 Å². The highest BCUT2D eigenvalue weighted by molar-refractivity contribution is 5.46.